The molecule has 1 saturated heterocycles. The monoisotopic (exact) mass is 234 g/mol. The van der Waals surface area contributed by atoms with Gasteiger partial charge in [0.2, 0.25) is 0 Å². The number of ether oxygens (including phenoxy) is 1. The lowest BCUT2D eigenvalue weighted by atomic mass is 10.2. The number of hydrogen-bond acceptors (Lipinski definition) is 6. The third kappa shape index (κ3) is 2.32. The quantitative estimate of drug-likeness (QED) is 0.745. The Hall–Kier alpha value is -2.20. The second-order valence-electron chi connectivity index (χ2n) is 3.48. The summed E-state index contributed by atoms with van der Waals surface area (Å²) in [5, 5.41) is 17.8. The van der Waals surface area contributed by atoms with Gasteiger partial charge in [-0.25, -0.2) is 14.8 Å². The number of nitriles is 1. The summed E-state index contributed by atoms with van der Waals surface area (Å²) in [4.78, 5) is 20.5. The Morgan fingerprint density at radius 3 is 3.06 bits per heavy atom. The molecule has 7 heteroatoms. The van der Waals surface area contributed by atoms with Crippen molar-refractivity contribution >= 4 is 11.8 Å². The lowest BCUT2D eigenvalue weighted by molar-refractivity contribution is -0.150. The number of anilines is 1. The van der Waals surface area contributed by atoms with E-state index in [9.17, 15) is 4.79 Å². The van der Waals surface area contributed by atoms with Gasteiger partial charge in [0.15, 0.2) is 17.6 Å². The number of hydrogen-bond donors (Lipinski definition) is 1. The largest absolute Gasteiger partial charge is 0.479 e. The predicted octanol–water partition coefficient (Wildman–Crippen LogP) is -0.362. The summed E-state index contributed by atoms with van der Waals surface area (Å²) in [6.45, 7) is 0.957. The second-order valence-corrected chi connectivity index (χ2v) is 3.48. The summed E-state index contributed by atoms with van der Waals surface area (Å²) in [6, 6.07) is 1.93. The Morgan fingerprint density at radius 2 is 2.35 bits per heavy atom. The minimum atomic E-state index is -1.02. The van der Waals surface area contributed by atoms with Crippen LogP contribution in [0.4, 0.5) is 5.82 Å². The van der Waals surface area contributed by atoms with E-state index in [1.54, 1.807) is 4.90 Å². The number of carboxylic acid groups (broad SMARTS) is 1. The van der Waals surface area contributed by atoms with Crippen LogP contribution in [0.1, 0.15) is 5.69 Å². The molecular weight excluding hydrogens is 224 g/mol. The van der Waals surface area contributed by atoms with Crippen molar-refractivity contribution < 1.29 is 14.6 Å². The Labute approximate surface area is 97.3 Å². The molecule has 1 N–H and O–H groups in total. The summed E-state index contributed by atoms with van der Waals surface area (Å²) < 4.78 is 5.09. The average Bonchev–Trinajstić information content (AvgIpc) is 2.39. The lowest BCUT2D eigenvalue weighted by Crippen LogP contribution is -2.46. The minimum absolute atomic E-state index is 0.169. The van der Waals surface area contributed by atoms with Gasteiger partial charge >= 0.3 is 5.97 Å². The summed E-state index contributed by atoms with van der Waals surface area (Å²) >= 11 is 0. The van der Waals surface area contributed by atoms with E-state index in [1.807, 2.05) is 6.07 Å². The van der Waals surface area contributed by atoms with Crippen molar-refractivity contribution in [1.82, 2.24) is 9.97 Å². The third-order valence-corrected chi connectivity index (χ3v) is 2.43. The van der Waals surface area contributed by atoms with Crippen molar-refractivity contribution in [3.05, 3.63) is 18.1 Å². The molecule has 1 aliphatic rings. The van der Waals surface area contributed by atoms with E-state index >= 15 is 0 Å². The van der Waals surface area contributed by atoms with E-state index in [2.05, 4.69) is 9.97 Å². The highest BCUT2D eigenvalue weighted by Gasteiger charge is 2.28. The average molecular weight is 234 g/mol. The zero-order valence-electron chi connectivity index (χ0n) is 8.91. The number of carbonyl (C=O) groups is 1. The van der Waals surface area contributed by atoms with Crippen molar-refractivity contribution in [2.45, 2.75) is 6.10 Å². The van der Waals surface area contributed by atoms with Crippen molar-refractivity contribution in [1.29, 1.82) is 5.26 Å². The molecule has 1 unspecified atom stereocenters. The molecule has 1 aliphatic heterocycles. The zero-order valence-corrected chi connectivity index (χ0v) is 8.91. The molecular formula is C10H10N4O3. The van der Waals surface area contributed by atoms with E-state index in [0.717, 1.165) is 0 Å². The maximum atomic E-state index is 10.8. The second kappa shape index (κ2) is 4.76. The van der Waals surface area contributed by atoms with Gasteiger partial charge in [-0.3, -0.25) is 0 Å². The summed E-state index contributed by atoms with van der Waals surface area (Å²) in [5.41, 5.74) is 0.193. The predicted molar refractivity (Wildman–Crippen MR) is 56.3 cm³/mol. The van der Waals surface area contributed by atoms with Gasteiger partial charge in [-0.05, 0) is 0 Å². The van der Waals surface area contributed by atoms with Gasteiger partial charge in [0, 0.05) is 18.9 Å². The Bertz CT molecular complexity index is 471. The van der Waals surface area contributed by atoms with Crippen LogP contribution >= 0.6 is 0 Å². The molecule has 2 rings (SSSR count). The first kappa shape index (κ1) is 11.3. The first-order valence-electron chi connectivity index (χ1n) is 5.03. The van der Waals surface area contributed by atoms with Crippen molar-refractivity contribution in [2.24, 2.45) is 0 Å². The van der Waals surface area contributed by atoms with E-state index in [4.69, 9.17) is 15.1 Å². The molecule has 1 atom stereocenters. The van der Waals surface area contributed by atoms with Crippen molar-refractivity contribution in [3.63, 3.8) is 0 Å². The van der Waals surface area contributed by atoms with Crippen LogP contribution < -0.4 is 4.90 Å². The molecule has 0 radical (unpaired) electrons. The molecule has 0 amide bonds. The zero-order chi connectivity index (χ0) is 12.3. The van der Waals surface area contributed by atoms with E-state index < -0.39 is 12.1 Å². The van der Waals surface area contributed by atoms with Crippen LogP contribution in [-0.4, -0.2) is 46.8 Å². The topological polar surface area (TPSA) is 99.3 Å². The SMILES string of the molecule is N#Cc1nccnc1N1CCOC(C(=O)O)C1. The highest BCUT2D eigenvalue weighted by molar-refractivity contribution is 5.73. The Kier molecular flexibility index (Phi) is 3.16. The van der Waals surface area contributed by atoms with Crippen molar-refractivity contribution in [2.75, 3.05) is 24.6 Å². The number of aliphatic carboxylic acids is 1. The fraction of sp³-hybridized carbons (Fsp3) is 0.400. The van der Waals surface area contributed by atoms with Crippen LogP contribution in [0.25, 0.3) is 0 Å². The van der Waals surface area contributed by atoms with Crippen LogP contribution in [0, 0.1) is 11.3 Å². The van der Waals surface area contributed by atoms with Gasteiger partial charge in [-0.1, -0.05) is 0 Å². The van der Waals surface area contributed by atoms with Crippen LogP contribution in [0.5, 0.6) is 0 Å². The first-order chi connectivity index (χ1) is 8.22. The summed E-state index contributed by atoms with van der Waals surface area (Å²) in [6.07, 6.45) is 2.01. The number of carboxylic acids is 1. The van der Waals surface area contributed by atoms with Gasteiger partial charge in [-0.15, -0.1) is 0 Å². The Morgan fingerprint density at radius 1 is 1.59 bits per heavy atom. The van der Waals surface area contributed by atoms with E-state index in [0.29, 0.717) is 19.0 Å². The number of aromatic nitrogens is 2. The molecule has 1 aromatic heterocycles. The number of nitrogens with zero attached hydrogens (tertiary/aromatic N) is 4. The molecule has 2 heterocycles. The minimum Gasteiger partial charge on any atom is -0.479 e. The summed E-state index contributed by atoms with van der Waals surface area (Å²) in [5.74, 6) is -0.610. The summed E-state index contributed by atoms with van der Waals surface area (Å²) in [7, 11) is 0. The maximum absolute atomic E-state index is 10.8. The van der Waals surface area contributed by atoms with Crippen LogP contribution in [0.15, 0.2) is 12.4 Å². The van der Waals surface area contributed by atoms with Gasteiger partial charge < -0.3 is 14.7 Å². The molecule has 1 fully saturated rings. The Balaban J connectivity index is 2.22. The molecule has 7 nitrogen and oxygen atoms in total. The highest BCUT2D eigenvalue weighted by Crippen LogP contribution is 2.17. The molecule has 17 heavy (non-hydrogen) atoms. The van der Waals surface area contributed by atoms with Gasteiger partial charge in [0.05, 0.1) is 13.2 Å². The molecule has 88 valence electrons. The molecule has 0 aliphatic carbocycles. The van der Waals surface area contributed by atoms with Crippen LogP contribution in [0.2, 0.25) is 0 Å². The smallest absolute Gasteiger partial charge is 0.334 e. The normalized spacial score (nSPS) is 19.7. The van der Waals surface area contributed by atoms with E-state index in [1.165, 1.54) is 12.4 Å². The van der Waals surface area contributed by atoms with Crippen LogP contribution in [-0.2, 0) is 9.53 Å². The molecule has 0 aromatic carbocycles. The standard InChI is InChI=1S/C10H10N4O3/c11-5-7-9(13-2-1-12-7)14-3-4-17-8(6-14)10(15)16/h1-2,8H,3-4,6H2,(H,15,16). The number of rotatable bonds is 2. The molecule has 0 spiro atoms. The lowest BCUT2D eigenvalue weighted by Gasteiger charge is -2.31. The molecule has 0 bridgehead atoms. The van der Waals surface area contributed by atoms with E-state index in [-0.39, 0.29) is 12.2 Å². The molecule has 0 saturated carbocycles. The molecule has 1 aromatic rings. The fourth-order valence-corrected chi connectivity index (χ4v) is 1.63. The van der Waals surface area contributed by atoms with Crippen molar-refractivity contribution in [3.8, 4) is 6.07 Å². The maximum Gasteiger partial charge on any atom is 0.334 e. The van der Waals surface area contributed by atoms with Gasteiger partial charge in [0.25, 0.3) is 0 Å². The number of morpholine rings is 1. The fourth-order valence-electron chi connectivity index (χ4n) is 1.63. The third-order valence-electron chi connectivity index (χ3n) is 2.43. The first-order valence-corrected chi connectivity index (χ1v) is 5.03. The van der Waals surface area contributed by atoms with Crippen LogP contribution in [0.3, 0.4) is 0 Å². The van der Waals surface area contributed by atoms with Gasteiger partial charge in [-0.2, -0.15) is 5.26 Å². The highest BCUT2D eigenvalue weighted by atomic mass is 16.5. The van der Waals surface area contributed by atoms with Gasteiger partial charge in [0.1, 0.15) is 6.07 Å².